The van der Waals surface area contributed by atoms with Crippen LogP contribution in [0.4, 0.5) is 22.0 Å². The highest BCUT2D eigenvalue weighted by Gasteiger charge is 2.59. The second kappa shape index (κ2) is 3.14. The third-order valence-corrected chi connectivity index (χ3v) is 2.74. The second-order valence-electron chi connectivity index (χ2n) is 3.10. The standard InChI is InChI=1S/C5H8ClF5Si/c1-12(2,6)3-4(7,8)5(9,10)11/h3H2,1-2H3. The lowest BCUT2D eigenvalue weighted by Gasteiger charge is -2.24. The summed E-state index contributed by atoms with van der Waals surface area (Å²) in [5.41, 5.74) is 0. The molecule has 0 aromatic carbocycles. The van der Waals surface area contributed by atoms with Gasteiger partial charge in [0.15, 0.2) is 7.38 Å². The Morgan fingerprint density at radius 2 is 1.42 bits per heavy atom. The number of alkyl halides is 5. The molecule has 0 spiro atoms. The van der Waals surface area contributed by atoms with Gasteiger partial charge in [0.25, 0.3) is 0 Å². The fourth-order valence-electron chi connectivity index (χ4n) is 0.628. The molecule has 0 amide bonds. The highest BCUT2D eigenvalue weighted by atomic mass is 35.6. The van der Waals surface area contributed by atoms with Crippen LogP contribution in [0.25, 0.3) is 0 Å². The normalized spacial score (nSPS) is 15.0. The average Bonchev–Trinajstić information content (AvgIpc) is 1.52. The highest BCUT2D eigenvalue weighted by molar-refractivity contribution is 7.19. The molecule has 0 heterocycles. The Kier molecular flexibility index (Phi) is 3.18. The largest absolute Gasteiger partial charge is 0.452 e. The molecule has 0 aliphatic heterocycles. The lowest BCUT2D eigenvalue weighted by Crippen LogP contribution is -2.41. The van der Waals surface area contributed by atoms with Crippen LogP contribution in [0, 0.1) is 0 Å². The van der Waals surface area contributed by atoms with Crippen molar-refractivity contribution in [2.24, 2.45) is 0 Å². The van der Waals surface area contributed by atoms with E-state index in [2.05, 4.69) is 0 Å². The summed E-state index contributed by atoms with van der Waals surface area (Å²) in [4.78, 5) is 0. The third-order valence-electron chi connectivity index (χ3n) is 1.06. The van der Waals surface area contributed by atoms with E-state index >= 15 is 0 Å². The van der Waals surface area contributed by atoms with Crippen molar-refractivity contribution in [1.82, 2.24) is 0 Å². The van der Waals surface area contributed by atoms with Gasteiger partial charge in [-0.1, -0.05) is 13.1 Å². The maximum Gasteiger partial charge on any atom is 0.452 e. The van der Waals surface area contributed by atoms with Crippen molar-refractivity contribution in [3.8, 4) is 0 Å². The van der Waals surface area contributed by atoms with Crippen molar-refractivity contribution in [3.05, 3.63) is 0 Å². The van der Waals surface area contributed by atoms with Gasteiger partial charge < -0.3 is 0 Å². The summed E-state index contributed by atoms with van der Waals surface area (Å²) >= 11 is 5.38. The predicted octanol–water partition coefficient (Wildman–Crippen LogP) is 3.63. The minimum atomic E-state index is -5.48. The average molecular weight is 227 g/mol. The van der Waals surface area contributed by atoms with Gasteiger partial charge in [-0.3, -0.25) is 0 Å². The zero-order valence-corrected chi connectivity index (χ0v) is 8.23. The third kappa shape index (κ3) is 3.71. The zero-order valence-electron chi connectivity index (χ0n) is 6.47. The van der Waals surface area contributed by atoms with Gasteiger partial charge in [0.05, 0.1) is 0 Å². The van der Waals surface area contributed by atoms with Crippen molar-refractivity contribution in [2.75, 3.05) is 0 Å². The van der Waals surface area contributed by atoms with Crippen LogP contribution in [-0.4, -0.2) is 19.5 Å². The van der Waals surface area contributed by atoms with E-state index in [4.69, 9.17) is 11.1 Å². The Morgan fingerprint density at radius 3 is 1.50 bits per heavy atom. The van der Waals surface area contributed by atoms with Gasteiger partial charge in [-0.2, -0.15) is 33.0 Å². The van der Waals surface area contributed by atoms with Crippen molar-refractivity contribution < 1.29 is 22.0 Å². The van der Waals surface area contributed by atoms with Gasteiger partial charge in [0.2, 0.25) is 0 Å². The monoisotopic (exact) mass is 226 g/mol. The maximum absolute atomic E-state index is 12.3. The lowest BCUT2D eigenvalue weighted by molar-refractivity contribution is -0.273. The van der Waals surface area contributed by atoms with Crippen molar-refractivity contribution >= 4 is 18.5 Å². The first-order valence-corrected chi connectivity index (χ1v) is 7.31. The van der Waals surface area contributed by atoms with E-state index in [1.807, 2.05) is 0 Å². The Morgan fingerprint density at radius 1 is 1.08 bits per heavy atom. The van der Waals surface area contributed by atoms with Crippen molar-refractivity contribution in [3.63, 3.8) is 0 Å². The van der Waals surface area contributed by atoms with Crippen LogP contribution in [0.3, 0.4) is 0 Å². The van der Waals surface area contributed by atoms with Gasteiger partial charge in [-0.05, 0) is 0 Å². The molecular weight excluding hydrogens is 219 g/mol. The van der Waals surface area contributed by atoms with E-state index in [1.165, 1.54) is 13.1 Å². The van der Waals surface area contributed by atoms with E-state index in [-0.39, 0.29) is 0 Å². The molecular formula is C5H8ClF5Si. The van der Waals surface area contributed by atoms with Crippen LogP contribution < -0.4 is 0 Å². The highest BCUT2D eigenvalue weighted by Crippen LogP contribution is 2.42. The predicted molar refractivity (Wildman–Crippen MR) is 39.1 cm³/mol. The molecule has 0 fully saturated rings. The minimum Gasteiger partial charge on any atom is -0.197 e. The molecule has 0 unspecified atom stereocenters. The zero-order chi connectivity index (χ0) is 10.2. The van der Waals surface area contributed by atoms with E-state index in [0.717, 1.165) is 0 Å². The minimum absolute atomic E-state index is 1.24. The van der Waals surface area contributed by atoms with Crippen molar-refractivity contribution in [2.45, 2.75) is 31.2 Å². The fraction of sp³-hybridized carbons (Fsp3) is 1.00. The van der Waals surface area contributed by atoms with E-state index in [0.29, 0.717) is 0 Å². The summed E-state index contributed by atoms with van der Waals surface area (Å²) in [5, 5.41) is 0. The summed E-state index contributed by atoms with van der Waals surface area (Å²) in [6.07, 6.45) is -5.48. The molecule has 0 nitrogen and oxygen atoms in total. The molecule has 7 heteroatoms. The second-order valence-corrected chi connectivity index (χ2v) is 9.96. The van der Waals surface area contributed by atoms with Crippen LogP contribution >= 0.6 is 11.1 Å². The van der Waals surface area contributed by atoms with Crippen LogP contribution in [-0.2, 0) is 0 Å². The molecule has 0 radical (unpaired) electrons. The van der Waals surface area contributed by atoms with Gasteiger partial charge in [0.1, 0.15) is 0 Å². The fourth-order valence-corrected chi connectivity index (χ4v) is 2.39. The van der Waals surface area contributed by atoms with Crippen LogP contribution in [0.5, 0.6) is 0 Å². The van der Waals surface area contributed by atoms with Gasteiger partial charge in [0, 0.05) is 6.04 Å². The summed E-state index contributed by atoms with van der Waals surface area (Å²) in [7, 11) is -2.90. The molecule has 0 atom stereocenters. The van der Waals surface area contributed by atoms with Crippen LogP contribution in [0.15, 0.2) is 0 Å². The Bertz CT molecular complexity index is 158. The Hall–Kier alpha value is 0.157. The molecule has 12 heavy (non-hydrogen) atoms. The Balaban J connectivity index is 4.44. The number of rotatable bonds is 2. The quantitative estimate of drug-likeness (QED) is 0.383. The molecule has 0 aliphatic carbocycles. The first-order chi connectivity index (χ1) is 4.96. The number of halogens is 6. The number of hydrogen-bond donors (Lipinski definition) is 0. The number of hydrogen-bond acceptors (Lipinski definition) is 0. The van der Waals surface area contributed by atoms with Gasteiger partial charge in [-0.25, -0.2) is 0 Å². The van der Waals surface area contributed by atoms with E-state index < -0.39 is 25.5 Å². The molecule has 0 bridgehead atoms. The molecule has 0 aromatic rings. The molecule has 74 valence electrons. The maximum atomic E-state index is 12.3. The van der Waals surface area contributed by atoms with Crippen molar-refractivity contribution in [1.29, 1.82) is 0 Å². The molecule has 0 saturated carbocycles. The first-order valence-electron chi connectivity index (χ1n) is 3.09. The lowest BCUT2D eigenvalue weighted by atomic mass is 10.4. The summed E-state index contributed by atoms with van der Waals surface area (Å²) in [6.45, 7) is 2.49. The first kappa shape index (κ1) is 12.2. The van der Waals surface area contributed by atoms with E-state index in [1.54, 1.807) is 0 Å². The summed E-state index contributed by atoms with van der Waals surface area (Å²) in [6, 6.07) is -1.27. The molecule has 0 saturated heterocycles. The SMILES string of the molecule is C[Si](C)(Cl)CC(F)(F)C(F)(F)F. The summed E-state index contributed by atoms with van der Waals surface area (Å²) < 4.78 is 59.2. The topological polar surface area (TPSA) is 0 Å². The van der Waals surface area contributed by atoms with Crippen LogP contribution in [0.1, 0.15) is 0 Å². The molecule has 0 rings (SSSR count). The van der Waals surface area contributed by atoms with E-state index in [9.17, 15) is 22.0 Å². The Labute approximate surface area is 72.4 Å². The smallest absolute Gasteiger partial charge is 0.197 e. The van der Waals surface area contributed by atoms with Gasteiger partial charge >= 0.3 is 12.1 Å². The van der Waals surface area contributed by atoms with Gasteiger partial charge in [-0.15, -0.1) is 0 Å². The summed E-state index contributed by atoms with van der Waals surface area (Å²) in [5.74, 6) is -4.65. The molecule has 0 aliphatic rings. The van der Waals surface area contributed by atoms with Crippen LogP contribution in [0.2, 0.25) is 19.1 Å². The molecule has 0 aromatic heterocycles. The molecule has 0 N–H and O–H groups in total.